The quantitative estimate of drug-likeness (QED) is 0.252. The summed E-state index contributed by atoms with van der Waals surface area (Å²) < 4.78 is 41.0. The van der Waals surface area contributed by atoms with Crippen LogP contribution in [0, 0.1) is 23.0 Å². The van der Waals surface area contributed by atoms with Gasteiger partial charge in [0.2, 0.25) is 17.7 Å². The zero-order valence-electron chi connectivity index (χ0n) is 24.6. The van der Waals surface area contributed by atoms with Crippen LogP contribution in [0.25, 0.3) is 10.9 Å². The molecule has 0 unspecified atom stereocenters. The molecule has 2 fully saturated rings. The van der Waals surface area contributed by atoms with Gasteiger partial charge in [0.1, 0.15) is 23.3 Å². The molecule has 11 heteroatoms. The van der Waals surface area contributed by atoms with E-state index in [0.717, 1.165) is 49.7 Å². The minimum Gasteiger partial charge on any atom is -0.496 e. The Kier molecular flexibility index (Phi) is 7.89. The highest BCUT2D eigenvalue weighted by atomic mass is 19.1. The molecule has 0 atom stereocenters. The average Bonchev–Trinajstić information content (AvgIpc) is 3.83. The van der Waals surface area contributed by atoms with Crippen LogP contribution < -0.4 is 20.1 Å². The Morgan fingerprint density at radius 1 is 1.00 bits per heavy atom. The first-order valence-electron chi connectivity index (χ1n) is 14.6. The molecule has 4 aromatic rings. The van der Waals surface area contributed by atoms with Gasteiger partial charge in [0.25, 0.3) is 0 Å². The predicted molar refractivity (Wildman–Crippen MR) is 161 cm³/mol. The Morgan fingerprint density at radius 3 is 2.34 bits per heavy atom. The molecule has 1 aliphatic heterocycles. The molecule has 44 heavy (non-hydrogen) atoms. The number of methoxy groups -OCH3 is 1. The van der Waals surface area contributed by atoms with Crippen molar-refractivity contribution in [1.82, 2.24) is 14.9 Å². The first-order chi connectivity index (χ1) is 21.2. The van der Waals surface area contributed by atoms with E-state index in [4.69, 9.17) is 15.2 Å². The molecule has 2 amide bonds. The molecule has 2 N–H and O–H groups in total. The summed E-state index contributed by atoms with van der Waals surface area (Å²) in [5, 5.41) is 0.611. The summed E-state index contributed by atoms with van der Waals surface area (Å²) in [6, 6.07) is 12.9. The number of likely N-dealkylation sites (tertiary alicyclic amines) is 1. The third-order valence-electron chi connectivity index (χ3n) is 8.65. The van der Waals surface area contributed by atoms with Crippen LogP contribution in [0.5, 0.6) is 17.4 Å². The molecule has 228 valence electrons. The molecule has 2 heterocycles. The van der Waals surface area contributed by atoms with E-state index in [1.165, 1.54) is 47.6 Å². The van der Waals surface area contributed by atoms with Crippen molar-refractivity contribution in [3.63, 3.8) is 0 Å². The summed E-state index contributed by atoms with van der Waals surface area (Å²) in [7, 11) is 3.76. The van der Waals surface area contributed by atoms with Crippen molar-refractivity contribution in [3.8, 4) is 17.4 Å². The summed E-state index contributed by atoms with van der Waals surface area (Å²) in [5.41, 5.74) is 6.17. The number of halogens is 2. The maximum Gasteiger partial charge on any atom is 0.247 e. The van der Waals surface area contributed by atoms with Gasteiger partial charge in [0.05, 0.1) is 23.7 Å². The number of ether oxygens (including phenoxy) is 2. The first kappa shape index (κ1) is 29.4. The van der Waals surface area contributed by atoms with Gasteiger partial charge >= 0.3 is 0 Å². The van der Waals surface area contributed by atoms with Gasteiger partial charge in [-0.05, 0) is 106 Å². The van der Waals surface area contributed by atoms with Crippen molar-refractivity contribution in [2.24, 2.45) is 17.1 Å². The van der Waals surface area contributed by atoms with Crippen LogP contribution >= 0.6 is 0 Å². The molecule has 2 aliphatic rings. The Labute approximate surface area is 253 Å². The fraction of sp³-hybridized carbons (Fsp3) is 0.333. The highest BCUT2D eigenvalue weighted by molar-refractivity contribution is 6.16. The number of primary amides is 1. The number of carbonyl (C=O) groups excluding carboxylic acids is 2. The lowest BCUT2D eigenvalue weighted by molar-refractivity contribution is -0.133. The van der Waals surface area contributed by atoms with Gasteiger partial charge in [0, 0.05) is 17.8 Å². The largest absolute Gasteiger partial charge is 0.496 e. The van der Waals surface area contributed by atoms with Gasteiger partial charge in [-0.15, -0.1) is 0 Å². The number of piperidine rings is 1. The predicted octanol–water partition coefficient (Wildman–Crippen LogP) is 5.52. The molecular formula is C33H33F2N5O4. The molecule has 1 aromatic heterocycles. The normalized spacial score (nSPS) is 16.5. The maximum absolute atomic E-state index is 15.7. The van der Waals surface area contributed by atoms with E-state index in [9.17, 15) is 14.0 Å². The summed E-state index contributed by atoms with van der Waals surface area (Å²) in [6.07, 6.45) is 4.91. The highest BCUT2D eigenvalue weighted by Crippen LogP contribution is 2.49. The van der Waals surface area contributed by atoms with E-state index in [2.05, 4.69) is 21.9 Å². The van der Waals surface area contributed by atoms with Gasteiger partial charge in [-0.2, -0.15) is 0 Å². The van der Waals surface area contributed by atoms with Crippen molar-refractivity contribution >= 4 is 34.1 Å². The third-order valence-corrected chi connectivity index (χ3v) is 8.65. The number of benzene rings is 3. The molecule has 1 saturated carbocycles. The third kappa shape index (κ3) is 5.67. The summed E-state index contributed by atoms with van der Waals surface area (Å²) in [4.78, 5) is 37.9. The second-order valence-corrected chi connectivity index (χ2v) is 11.6. The lowest BCUT2D eigenvalue weighted by atomic mass is 9.89. The first-order valence-corrected chi connectivity index (χ1v) is 14.6. The summed E-state index contributed by atoms with van der Waals surface area (Å²) >= 11 is 0. The molecule has 6 rings (SSSR count). The van der Waals surface area contributed by atoms with Crippen LogP contribution in [-0.2, 0) is 16.0 Å². The number of rotatable bonds is 9. The zero-order valence-corrected chi connectivity index (χ0v) is 24.6. The Bertz CT molecular complexity index is 1720. The van der Waals surface area contributed by atoms with E-state index >= 15 is 4.39 Å². The van der Waals surface area contributed by atoms with E-state index in [-0.39, 0.29) is 35.8 Å². The van der Waals surface area contributed by atoms with Crippen LogP contribution in [0.15, 0.2) is 60.9 Å². The fourth-order valence-electron chi connectivity index (χ4n) is 5.81. The van der Waals surface area contributed by atoms with Crippen molar-refractivity contribution in [1.29, 1.82) is 0 Å². The van der Waals surface area contributed by atoms with Gasteiger partial charge in [0.15, 0.2) is 11.6 Å². The topological polar surface area (TPSA) is 111 Å². The van der Waals surface area contributed by atoms with E-state index in [1.807, 2.05) is 12.1 Å². The SMILES string of the molecule is COc1cc2ncnc(Oc3ccc(N(C(=O)C4(C(N)=O)CC4)c4ccc(F)cc4)cc3F)c2cc1CC1CCN(C)CC1. The van der Waals surface area contributed by atoms with Crippen molar-refractivity contribution in [2.45, 2.75) is 32.1 Å². The van der Waals surface area contributed by atoms with E-state index < -0.39 is 28.9 Å². The fourth-order valence-corrected chi connectivity index (χ4v) is 5.81. The van der Waals surface area contributed by atoms with Gasteiger partial charge < -0.3 is 20.1 Å². The average molecular weight is 602 g/mol. The van der Waals surface area contributed by atoms with E-state index in [0.29, 0.717) is 16.8 Å². The minimum atomic E-state index is -1.38. The Morgan fingerprint density at radius 2 is 1.70 bits per heavy atom. The number of hydrogen-bond donors (Lipinski definition) is 1. The monoisotopic (exact) mass is 601 g/mol. The lowest BCUT2D eigenvalue weighted by Crippen LogP contribution is -2.41. The number of anilines is 2. The molecule has 3 aromatic carbocycles. The minimum absolute atomic E-state index is 0.121. The van der Waals surface area contributed by atoms with Crippen LogP contribution in [0.1, 0.15) is 31.2 Å². The summed E-state index contributed by atoms with van der Waals surface area (Å²) in [5.74, 6) is -1.33. The molecule has 0 bridgehead atoms. The van der Waals surface area contributed by atoms with Crippen LogP contribution in [0.3, 0.4) is 0 Å². The number of nitrogens with zero attached hydrogens (tertiary/aromatic N) is 4. The molecular weight excluding hydrogens is 568 g/mol. The maximum atomic E-state index is 15.7. The van der Waals surface area contributed by atoms with Gasteiger partial charge in [-0.25, -0.2) is 18.7 Å². The second-order valence-electron chi connectivity index (χ2n) is 11.6. The van der Waals surface area contributed by atoms with Crippen molar-refractivity contribution < 1.29 is 27.8 Å². The van der Waals surface area contributed by atoms with Gasteiger partial charge in [-0.3, -0.25) is 14.5 Å². The summed E-state index contributed by atoms with van der Waals surface area (Å²) in [6.45, 7) is 2.09. The number of nitrogens with two attached hydrogens (primary N) is 1. The Hall–Kier alpha value is -4.64. The van der Waals surface area contributed by atoms with Crippen molar-refractivity contribution in [2.75, 3.05) is 32.1 Å². The molecule has 9 nitrogen and oxygen atoms in total. The number of carbonyl (C=O) groups is 2. The van der Waals surface area contributed by atoms with Crippen molar-refractivity contribution in [3.05, 3.63) is 78.1 Å². The Balaban J connectivity index is 1.32. The number of amides is 2. The highest BCUT2D eigenvalue weighted by Gasteiger charge is 2.57. The lowest BCUT2D eigenvalue weighted by Gasteiger charge is -2.29. The standard InChI is InChI=1S/C33H33F2N5O4/c1-39-13-9-20(10-14-39)15-21-16-25-27(18-29(21)43-2)37-19-38-30(25)44-28-8-7-24(17-26(28)35)40(23-5-3-22(34)4-6-23)32(42)33(11-12-33)31(36)41/h3-8,16-20H,9-15H2,1-2H3,(H2,36,41). The number of aromatic nitrogens is 2. The van der Waals surface area contributed by atoms with E-state index in [1.54, 1.807) is 7.11 Å². The smallest absolute Gasteiger partial charge is 0.247 e. The number of fused-ring (bicyclic) bond motifs is 1. The number of hydrogen-bond acceptors (Lipinski definition) is 7. The molecule has 1 aliphatic carbocycles. The molecule has 0 radical (unpaired) electrons. The molecule has 0 spiro atoms. The zero-order chi connectivity index (χ0) is 31.0. The molecule has 1 saturated heterocycles. The van der Waals surface area contributed by atoms with Crippen LogP contribution in [-0.4, -0.2) is 53.9 Å². The van der Waals surface area contributed by atoms with Crippen LogP contribution in [0.4, 0.5) is 20.2 Å². The van der Waals surface area contributed by atoms with Crippen LogP contribution in [0.2, 0.25) is 0 Å². The second kappa shape index (κ2) is 11.8. The van der Waals surface area contributed by atoms with Gasteiger partial charge in [-0.1, -0.05) is 0 Å².